The molecular weight excluding hydrogens is 436 g/mol. The summed E-state index contributed by atoms with van der Waals surface area (Å²) in [4.78, 5) is 11.4. The lowest BCUT2D eigenvalue weighted by atomic mass is 10.1. The van der Waals surface area contributed by atoms with Gasteiger partial charge in [-0.1, -0.05) is 40.9 Å². The average Bonchev–Trinajstić information content (AvgIpc) is 2.57. The summed E-state index contributed by atoms with van der Waals surface area (Å²) in [6.07, 6.45) is -0.807. The van der Waals surface area contributed by atoms with Crippen molar-refractivity contribution in [3.05, 3.63) is 63.6 Å². The van der Waals surface area contributed by atoms with Gasteiger partial charge in [0.2, 0.25) is 0 Å². The summed E-state index contributed by atoms with van der Waals surface area (Å²) in [5, 5.41) is 9.54. The maximum absolute atomic E-state index is 12.3. The monoisotopic (exact) mass is 449 g/mol. The second-order valence-electron chi connectivity index (χ2n) is 5.37. The van der Waals surface area contributed by atoms with E-state index in [1.807, 2.05) is 19.1 Å². The molecule has 26 heavy (non-hydrogen) atoms. The third-order valence-electron chi connectivity index (χ3n) is 3.32. The molecule has 138 valence electrons. The molecule has 0 saturated heterocycles. The van der Waals surface area contributed by atoms with Gasteiger partial charge in [-0.15, -0.1) is 23.2 Å². The Morgan fingerprint density at radius 2 is 1.69 bits per heavy atom. The van der Waals surface area contributed by atoms with Gasteiger partial charge in [0.05, 0.1) is 10.7 Å². The highest BCUT2D eigenvalue weighted by Crippen LogP contribution is 2.25. The molecule has 2 aromatic carbocycles. The van der Waals surface area contributed by atoms with Crippen molar-refractivity contribution in [3.8, 4) is 0 Å². The van der Waals surface area contributed by atoms with E-state index in [9.17, 15) is 4.79 Å². The minimum absolute atomic E-state index is 0.190. The average molecular weight is 451 g/mol. The van der Waals surface area contributed by atoms with E-state index >= 15 is 0 Å². The Hall–Kier alpha value is -1.24. The van der Waals surface area contributed by atoms with Crippen molar-refractivity contribution in [3.63, 3.8) is 0 Å². The summed E-state index contributed by atoms with van der Waals surface area (Å²) in [5.74, 6) is -0.332. The van der Waals surface area contributed by atoms with Crippen LogP contribution in [-0.2, 0) is 0 Å². The molecule has 0 aromatic heterocycles. The second kappa shape index (κ2) is 9.62. The molecular formula is C17H15Cl4N3OS. The number of alkyl halides is 2. The third-order valence-corrected chi connectivity index (χ3v) is 4.59. The molecule has 0 aliphatic heterocycles. The molecule has 3 N–H and O–H groups in total. The molecule has 0 heterocycles. The first-order chi connectivity index (χ1) is 12.3. The standard InChI is InChI=1S/C17H15Cl4N3OS/c1-9-2-4-10(5-3-9)16(25)23-15(14(20)21)24-17(26)22-13-7-6-11(18)8-12(13)19/h2-8,14-15H,1H3,(H,23,25)(H2,22,24,26)/t15-/m1/s1. The number of anilines is 1. The Morgan fingerprint density at radius 3 is 2.27 bits per heavy atom. The van der Waals surface area contributed by atoms with Crippen molar-refractivity contribution in [1.29, 1.82) is 0 Å². The maximum atomic E-state index is 12.3. The van der Waals surface area contributed by atoms with Crippen LogP contribution in [0.3, 0.4) is 0 Å². The number of rotatable bonds is 5. The van der Waals surface area contributed by atoms with Gasteiger partial charge in [-0.25, -0.2) is 0 Å². The summed E-state index contributed by atoms with van der Waals surface area (Å²) in [6, 6.07) is 12.0. The summed E-state index contributed by atoms with van der Waals surface area (Å²) in [6.45, 7) is 1.94. The number of hydrogen-bond acceptors (Lipinski definition) is 2. The number of carbonyl (C=O) groups excluding carboxylic acids is 1. The topological polar surface area (TPSA) is 53.2 Å². The Morgan fingerprint density at radius 1 is 1.04 bits per heavy atom. The molecule has 2 aromatic rings. The Labute approximate surface area is 177 Å². The van der Waals surface area contributed by atoms with Crippen LogP contribution >= 0.6 is 58.6 Å². The van der Waals surface area contributed by atoms with Crippen molar-refractivity contribution in [2.75, 3.05) is 5.32 Å². The fourth-order valence-electron chi connectivity index (χ4n) is 1.98. The molecule has 0 radical (unpaired) electrons. The van der Waals surface area contributed by atoms with E-state index in [0.717, 1.165) is 5.56 Å². The second-order valence-corrected chi connectivity index (χ2v) is 7.79. The molecule has 0 aliphatic carbocycles. The van der Waals surface area contributed by atoms with Crippen LogP contribution in [-0.4, -0.2) is 22.0 Å². The van der Waals surface area contributed by atoms with Crippen LogP contribution < -0.4 is 16.0 Å². The summed E-state index contributed by atoms with van der Waals surface area (Å²) in [7, 11) is 0. The smallest absolute Gasteiger partial charge is 0.252 e. The fraction of sp³-hybridized carbons (Fsp3) is 0.176. The highest BCUT2D eigenvalue weighted by molar-refractivity contribution is 7.80. The molecule has 4 nitrogen and oxygen atoms in total. The van der Waals surface area contributed by atoms with Gasteiger partial charge in [0.15, 0.2) is 5.11 Å². The molecule has 0 aliphatic rings. The van der Waals surface area contributed by atoms with Crippen LogP contribution in [0, 0.1) is 6.92 Å². The van der Waals surface area contributed by atoms with Crippen molar-refractivity contribution >= 4 is 75.3 Å². The number of nitrogens with one attached hydrogen (secondary N) is 3. The van der Waals surface area contributed by atoms with Gasteiger partial charge in [0.25, 0.3) is 5.91 Å². The van der Waals surface area contributed by atoms with Gasteiger partial charge in [-0.3, -0.25) is 4.79 Å². The third kappa shape index (κ3) is 6.18. The van der Waals surface area contributed by atoms with Crippen molar-refractivity contribution in [1.82, 2.24) is 10.6 Å². The zero-order valence-electron chi connectivity index (χ0n) is 13.5. The number of amides is 1. The molecule has 0 unspecified atom stereocenters. The van der Waals surface area contributed by atoms with E-state index in [2.05, 4.69) is 16.0 Å². The van der Waals surface area contributed by atoms with Crippen molar-refractivity contribution < 1.29 is 4.79 Å². The summed E-state index contributed by atoms with van der Waals surface area (Å²) >= 11 is 29.1. The SMILES string of the molecule is Cc1ccc(C(=O)N[C@H](NC(=S)Nc2ccc(Cl)cc2Cl)C(Cl)Cl)cc1. The van der Waals surface area contributed by atoms with E-state index in [1.54, 1.807) is 30.3 Å². The van der Waals surface area contributed by atoms with E-state index in [0.29, 0.717) is 21.3 Å². The summed E-state index contributed by atoms with van der Waals surface area (Å²) in [5.41, 5.74) is 2.09. The van der Waals surface area contributed by atoms with Crippen molar-refractivity contribution in [2.24, 2.45) is 0 Å². The van der Waals surface area contributed by atoms with Crippen molar-refractivity contribution in [2.45, 2.75) is 17.9 Å². The zero-order valence-corrected chi connectivity index (χ0v) is 17.4. The molecule has 0 spiro atoms. The van der Waals surface area contributed by atoms with Crippen LogP contribution in [0.15, 0.2) is 42.5 Å². The number of halogens is 4. The quantitative estimate of drug-likeness (QED) is 0.335. The van der Waals surface area contributed by atoms with E-state index in [1.165, 1.54) is 0 Å². The minimum atomic E-state index is -0.940. The lowest BCUT2D eigenvalue weighted by Crippen LogP contribution is -2.52. The Balaban J connectivity index is 2.01. The first-order valence-corrected chi connectivity index (χ1v) is 9.48. The first kappa shape index (κ1) is 21.1. The minimum Gasteiger partial charge on any atom is -0.340 e. The van der Waals surface area contributed by atoms with E-state index in [4.69, 9.17) is 58.6 Å². The normalized spacial score (nSPS) is 11.8. The van der Waals surface area contributed by atoms with Gasteiger partial charge in [0.1, 0.15) is 11.0 Å². The number of hydrogen-bond donors (Lipinski definition) is 3. The lowest BCUT2D eigenvalue weighted by Gasteiger charge is -2.23. The van der Waals surface area contributed by atoms with Crippen LogP contribution in [0.1, 0.15) is 15.9 Å². The van der Waals surface area contributed by atoms with Gasteiger partial charge < -0.3 is 16.0 Å². The van der Waals surface area contributed by atoms with Gasteiger partial charge in [-0.2, -0.15) is 0 Å². The molecule has 1 atom stereocenters. The van der Waals surface area contributed by atoms with Crippen LogP contribution in [0.4, 0.5) is 5.69 Å². The molecule has 9 heteroatoms. The summed E-state index contributed by atoms with van der Waals surface area (Å²) < 4.78 is 0. The Bertz CT molecular complexity index is 799. The first-order valence-electron chi connectivity index (χ1n) is 7.44. The zero-order chi connectivity index (χ0) is 19.3. The largest absolute Gasteiger partial charge is 0.340 e. The molecule has 0 bridgehead atoms. The lowest BCUT2D eigenvalue weighted by molar-refractivity contribution is 0.0936. The maximum Gasteiger partial charge on any atom is 0.252 e. The highest BCUT2D eigenvalue weighted by Gasteiger charge is 2.21. The van der Waals surface area contributed by atoms with Crippen LogP contribution in [0.2, 0.25) is 10.0 Å². The Kier molecular flexibility index (Phi) is 7.80. The fourth-order valence-corrected chi connectivity index (χ4v) is 2.93. The predicted molar refractivity (Wildman–Crippen MR) is 114 cm³/mol. The van der Waals surface area contributed by atoms with E-state index in [-0.39, 0.29) is 11.0 Å². The van der Waals surface area contributed by atoms with Crippen LogP contribution in [0.5, 0.6) is 0 Å². The molecule has 0 fully saturated rings. The molecule has 2 rings (SSSR count). The highest BCUT2D eigenvalue weighted by atomic mass is 35.5. The predicted octanol–water partition coefficient (Wildman–Crippen LogP) is 5.15. The number of aryl methyl sites for hydroxylation is 1. The molecule has 0 saturated carbocycles. The van der Waals surface area contributed by atoms with Gasteiger partial charge >= 0.3 is 0 Å². The van der Waals surface area contributed by atoms with Crippen LogP contribution in [0.25, 0.3) is 0 Å². The number of thiocarbonyl (C=S) groups is 1. The molecule has 1 amide bonds. The van der Waals surface area contributed by atoms with Gasteiger partial charge in [-0.05, 0) is 49.5 Å². The number of carbonyl (C=O) groups is 1. The van der Waals surface area contributed by atoms with Gasteiger partial charge in [0, 0.05) is 10.6 Å². The number of benzene rings is 2. The van der Waals surface area contributed by atoms with E-state index < -0.39 is 11.0 Å².